The van der Waals surface area contributed by atoms with Crippen LogP contribution < -0.4 is 9.47 Å². The van der Waals surface area contributed by atoms with E-state index >= 15 is 0 Å². The molecule has 94 valence electrons. The number of nitrogens with zero attached hydrogens (tertiary/aromatic N) is 4. The molecular formula is C12H14N4O2. The van der Waals surface area contributed by atoms with Gasteiger partial charge in [0.2, 0.25) is 11.8 Å². The van der Waals surface area contributed by atoms with Gasteiger partial charge in [0.05, 0.1) is 20.3 Å². The molecule has 2 rings (SSSR count). The summed E-state index contributed by atoms with van der Waals surface area (Å²) >= 11 is 0. The summed E-state index contributed by atoms with van der Waals surface area (Å²) in [5, 5.41) is 0. The van der Waals surface area contributed by atoms with Crippen molar-refractivity contribution in [3.05, 3.63) is 23.7 Å². The zero-order valence-corrected chi connectivity index (χ0v) is 10.8. The first-order valence-corrected chi connectivity index (χ1v) is 5.41. The van der Waals surface area contributed by atoms with Crippen molar-refractivity contribution in [1.29, 1.82) is 0 Å². The van der Waals surface area contributed by atoms with Crippen molar-refractivity contribution in [2.75, 3.05) is 14.2 Å². The summed E-state index contributed by atoms with van der Waals surface area (Å²) < 4.78 is 10.2. The molecule has 0 aliphatic rings. The lowest BCUT2D eigenvalue weighted by Gasteiger charge is -2.08. The standard InChI is InChI=1S/C12H14N4O2/c1-7-8(2)13-6-14-11(7)12-15-9(17-3)5-10(16-12)18-4/h5-6H,1-4H3. The van der Waals surface area contributed by atoms with Crippen LogP contribution in [0.2, 0.25) is 0 Å². The molecule has 2 aromatic rings. The Morgan fingerprint density at radius 3 is 2.11 bits per heavy atom. The smallest absolute Gasteiger partial charge is 0.220 e. The Hall–Kier alpha value is -2.24. The molecule has 0 spiro atoms. The second-order valence-corrected chi connectivity index (χ2v) is 3.71. The summed E-state index contributed by atoms with van der Waals surface area (Å²) in [4.78, 5) is 16.9. The van der Waals surface area contributed by atoms with Crippen LogP contribution in [0.15, 0.2) is 12.4 Å². The van der Waals surface area contributed by atoms with Crippen molar-refractivity contribution in [3.8, 4) is 23.3 Å². The van der Waals surface area contributed by atoms with Gasteiger partial charge in [-0.25, -0.2) is 9.97 Å². The average Bonchev–Trinajstić information content (AvgIpc) is 2.41. The van der Waals surface area contributed by atoms with Crippen molar-refractivity contribution < 1.29 is 9.47 Å². The highest BCUT2D eigenvalue weighted by atomic mass is 16.5. The topological polar surface area (TPSA) is 70.0 Å². The van der Waals surface area contributed by atoms with Crippen LogP contribution in [-0.4, -0.2) is 34.2 Å². The lowest BCUT2D eigenvalue weighted by atomic mass is 10.2. The maximum absolute atomic E-state index is 5.11. The molecular weight excluding hydrogens is 232 g/mol. The van der Waals surface area contributed by atoms with Crippen molar-refractivity contribution >= 4 is 0 Å². The Bertz CT molecular complexity index is 550. The average molecular weight is 246 g/mol. The number of rotatable bonds is 3. The molecule has 0 saturated carbocycles. The highest BCUT2D eigenvalue weighted by Crippen LogP contribution is 2.23. The van der Waals surface area contributed by atoms with E-state index in [0.717, 1.165) is 11.3 Å². The second-order valence-electron chi connectivity index (χ2n) is 3.71. The van der Waals surface area contributed by atoms with Crippen LogP contribution in [0.4, 0.5) is 0 Å². The van der Waals surface area contributed by atoms with E-state index in [1.165, 1.54) is 6.33 Å². The fourth-order valence-corrected chi connectivity index (χ4v) is 1.48. The predicted molar refractivity (Wildman–Crippen MR) is 65.6 cm³/mol. The van der Waals surface area contributed by atoms with Gasteiger partial charge in [-0.05, 0) is 19.4 Å². The van der Waals surface area contributed by atoms with Gasteiger partial charge < -0.3 is 9.47 Å². The largest absolute Gasteiger partial charge is 0.481 e. The zero-order valence-electron chi connectivity index (χ0n) is 10.8. The lowest BCUT2D eigenvalue weighted by molar-refractivity contribution is 0.372. The van der Waals surface area contributed by atoms with Gasteiger partial charge in [0.25, 0.3) is 0 Å². The Morgan fingerprint density at radius 2 is 1.56 bits per heavy atom. The minimum absolute atomic E-state index is 0.438. The Kier molecular flexibility index (Phi) is 3.36. The molecule has 6 nitrogen and oxygen atoms in total. The second kappa shape index (κ2) is 4.95. The minimum atomic E-state index is 0.438. The Labute approximate surface area is 105 Å². The summed E-state index contributed by atoms with van der Waals surface area (Å²) in [6.07, 6.45) is 1.49. The molecule has 0 amide bonds. The van der Waals surface area contributed by atoms with Crippen molar-refractivity contribution in [3.63, 3.8) is 0 Å². The van der Waals surface area contributed by atoms with Crippen LogP contribution in [-0.2, 0) is 0 Å². The number of methoxy groups -OCH3 is 2. The molecule has 0 atom stereocenters. The van der Waals surface area contributed by atoms with Crippen LogP contribution in [0.25, 0.3) is 11.5 Å². The first kappa shape index (κ1) is 12.2. The SMILES string of the molecule is COc1cc(OC)nc(-c2ncnc(C)c2C)n1. The quantitative estimate of drug-likeness (QED) is 0.818. The predicted octanol–water partition coefficient (Wildman–Crippen LogP) is 1.57. The fourth-order valence-electron chi connectivity index (χ4n) is 1.48. The van der Waals surface area contributed by atoms with Gasteiger partial charge in [-0.2, -0.15) is 9.97 Å². The highest BCUT2D eigenvalue weighted by molar-refractivity contribution is 5.56. The van der Waals surface area contributed by atoms with E-state index in [9.17, 15) is 0 Å². The maximum atomic E-state index is 5.11. The lowest BCUT2D eigenvalue weighted by Crippen LogP contribution is -2.01. The molecule has 0 N–H and O–H groups in total. The molecule has 2 aromatic heterocycles. The molecule has 0 aliphatic carbocycles. The van der Waals surface area contributed by atoms with Gasteiger partial charge in [-0.15, -0.1) is 0 Å². The first-order valence-electron chi connectivity index (χ1n) is 5.41. The van der Waals surface area contributed by atoms with Gasteiger partial charge in [-0.1, -0.05) is 0 Å². The number of ether oxygens (including phenoxy) is 2. The summed E-state index contributed by atoms with van der Waals surface area (Å²) in [5.74, 6) is 1.34. The van der Waals surface area contributed by atoms with Gasteiger partial charge in [0, 0.05) is 5.69 Å². The van der Waals surface area contributed by atoms with Crippen LogP contribution in [0.3, 0.4) is 0 Å². The van der Waals surface area contributed by atoms with Crippen molar-refractivity contribution in [2.45, 2.75) is 13.8 Å². The van der Waals surface area contributed by atoms with Crippen molar-refractivity contribution in [1.82, 2.24) is 19.9 Å². The molecule has 0 aromatic carbocycles. The molecule has 6 heteroatoms. The van der Waals surface area contributed by atoms with E-state index in [-0.39, 0.29) is 0 Å². The minimum Gasteiger partial charge on any atom is -0.481 e. The number of aryl methyl sites for hydroxylation is 1. The first-order chi connectivity index (χ1) is 8.65. The van der Waals surface area contributed by atoms with Crippen LogP contribution >= 0.6 is 0 Å². The summed E-state index contributed by atoms with van der Waals surface area (Å²) in [6, 6.07) is 1.62. The van der Waals surface area contributed by atoms with E-state index in [1.807, 2.05) is 13.8 Å². The van der Waals surface area contributed by atoms with Crippen molar-refractivity contribution in [2.24, 2.45) is 0 Å². The van der Waals surface area contributed by atoms with E-state index < -0.39 is 0 Å². The van der Waals surface area contributed by atoms with E-state index in [4.69, 9.17) is 9.47 Å². The summed E-state index contributed by atoms with van der Waals surface area (Å²) in [5.41, 5.74) is 2.51. The van der Waals surface area contributed by atoms with Crippen LogP contribution in [0.5, 0.6) is 11.8 Å². The van der Waals surface area contributed by atoms with Gasteiger partial charge in [0.1, 0.15) is 12.0 Å². The normalized spacial score (nSPS) is 10.2. The molecule has 0 bridgehead atoms. The third-order valence-corrected chi connectivity index (χ3v) is 2.65. The number of hydrogen-bond acceptors (Lipinski definition) is 6. The van der Waals surface area contributed by atoms with Crippen LogP contribution in [0.1, 0.15) is 11.3 Å². The number of hydrogen-bond donors (Lipinski definition) is 0. The van der Waals surface area contributed by atoms with E-state index in [2.05, 4.69) is 19.9 Å². The maximum Gasteiger partial charge on any atom is 0.220 e. The molecule has 0 fully saturated rings. The van der Waals surface area contributed by atoms with E-state index in [0.29, 0.717) is 23.3 Å². The monoisotopic (exact) mass is 246 g/mol. The molecule has 0 saturated heterocycles. The van der Waals surface area contributed by atoms with E-state index in [1.54, 1.807) is 20.3 Å². The molecule has 0 radical (unpaired) electrons. The summed E-state index contributed by atoms with van der Waals surface area (Å²) in [7, 11) is 3.09. The third kappa shape index (κ3) is 2.22. The molecule has 0 unspecified atom stereocenters. The Balaban J connectivity index is 2.59. The van der Waals surface area contributed by atoms with Gasteiger partial charge >= 0.3 is 0 Å². The molecule has 2 heterocycles. The fraction of sp³-hybridized carbons (Fsp3) is 0.333. The Morgan fingerprint density at radius 1 is 0.944 bits per heavy atom. The third-order valence-electron chi connectivity index (χ3n) is 2.65. The molecule has 18 heavy (non-hydrogen) atoms. The van der Waals surface area contributed by atoms with Crippen LogP contribution in [0, 0.1) is 13.8 Å². The summed E-state index contributed by atoms with van der Waals surface area (Å²) in [6.45, 7) is 3.85. The highest BCUT2D eigenvalue weighted by Gasteiger charge is 2.12. The molecule has 0 aliphatic heterocycles. The van der Waals surface area contributed by atoms with Gasteiger partial charge in [-0.3, -0.25) is 0 Å². The number of aromatic nitrogens is 4. The zero-order chi connectivity index (χ0) is 13.1. The van der Waals surface area contributed by atoms with Gasteiger partial charge in [0.15, 0.2) is 5.82 Å².